The second-order valence-electron chi connectivity index (χ2n) is 3.54. The van der Waals surface area contributed by atoms with Crippen molar-refractivity contribution in [1.29, 1.82) is 0 Å². The highest BCUT2D eigenvalue weighted by molar-refractivity contribution is 7.92. The second-order valence-corrected chi connectivity index (χ2v) is 5.87. The number of nitrogens with two attached hydrogens (primary N) is 1. The largest absolute Gasteiger partial charge is 0.508 e. The minimum Gasteiger partial charge on any atom is -0.508 e. The number of thiocarbonyl (C=S) groups is 1. The normalized spacial score (nSPS) is 11.3. The summed E-state index contributed by atoms with van der Waals surface area (Å²) in [6, 6.07) is 6.58. The predicted molar refractivity (Wildman–Crippen MR) is 70.4 cm³/mol. The number of nitrogens with one attached hydrogen (secondary N) is 1. The smallest absolute Gasteiger partial charge is 0.218 e. The maximum atomic E-state index is 11.4. The molecule has 17 heavy (non-hydrogen) atoms. The molecule has 0 heterocycles. The summed E-state index contributed by atoms with van der Waals surface area (Å²) in [5.74, 6) is -0.152. The highest BCUT2D eigenvalue weighted by atomic mass is 32.2. The zero-order valence-electron chi connectivity index (χ0n) is 9.09. The van der Waals surface area contributed by atoms with Crippen LogP contribution >= 0.6 is 12.2 Å². The second kappa shape index (κ2) is 5.95. The fourth-order valence-electron chi connectivity index (χ4n) is 1.25. The van der Waals surface area contributed by atoms with Crippen LogP contribution in [0, 0.1) is 0 Å². The first-order valence-electron chi connectivity index (χ1n) is 4.92. The molecule has 94 valence electrons. The van der Waals surface area contributed by atoms with Crippen LogP contribution in [0.3, 0.4) is 0 Å². The molecule has 0 fully saturated rings. The van der Waals surface area contributed by atoms with E-state index in [4.69, 9.17) is 10.8 Å². The third-order valence-corrected chi connectivity index (χ3v) is 3.67. The van der Waals surface area contributed by atoms with Crippen molar-refractivity contribution in [2.75, 3.05) is 12.3 Å². The van der Waals surface area contributed by atoms with Gasteiger partial charge in [-0.2, -0.15) is 0 Å². The lowest BCUT2D eigenvalue weighted by molar-refractivity contribution is 0.475. The van der Waals surface area contributed by atoms with Gasteiger partial charge in [-0.25, -0.2) is 13.1 Å². The fourth-order valence-corrected chi connectivity index (χ4v) is 2.61. The van der Waals surface area contributed by atoms with Gasteiger partial charge >= 0.3 is 0 Å². The SMILES string of the molecule is NC(=S)CS(=O)(=O)NCCc1ccc(O)cc1. The topological polar surface area (TPSA) is 92.4 Å². The van der Waals surface area contributed by atoms with E-state index in [1.54, 1.807) is 24.3 Å². The molecule has 0 aliphatic heterocycles. The molecule has 0 radical (unpaired) electrons. The highest BCUT2D eigenvalue weighted by Gasteiger charge is 2.10. The Morgan fingerprint density at radius 3 is 2.47 bits per heavy atom. The Labute approximate surface area is 106 Å². The van der Waals surface area contributed by atoms with Crippen molar-refractivity contribution >= 4 is 27.2 Å². The van der Waals surface area contributed by atoms with Gasteiger partial charge in [0.1, 0.15) is 11.5 Å². The van der Waals surface area contributed by atoms with Crippen molar-refractivity contribution < 1.29 is 13.5 Å². The Morgan fingerprint density at radius 2 is 1.94 bits per heavy atom. The number of benzene rings is 1. The molecule has 1 rings (SSSR count). The molecule has 4 N–H and O–H groups in total. The van der Waals surface area contributed by atoms with Crippen molar-refractivity contribution in [2.24, 2.45) is 5.73 Å². The van der Waals surface area contributed by atoms with Crippen molar-refractivity contribution in [3.05, 3.63) is 29.8 Å². The van der Waals surface area contributed by atoms with E-state index in [0.29, 0.717) is 6.42 Å². The van der Waals surface area contributed by atoms with E-state index in [9.17, 15) is 8.42 Å². The molecule has 0 aliphatic carbocycles. The summed E-state index contributed by atoms with van der Waals surface area (Å²) in [6.45, 7) is 0.274. The zero-order chi connectivity index (χ0) is 12.9. The quantitative estimate of drug-likeness (QED) is 0.642. The van der Waals surface area contributed by atoms with Crippen LogP contribution in [0.4, 0.5) is 0 Å². The zero-order valence-corrected chi connectivity index (χ0v) is 10.7. The first kappa shape index (κ1) is 13.9. The number of sulfonamides is 1. The van der Waals surface area contributed by atoms with Gasteiger partial charge in [-0.15, -0.1) is 0 Å². The molecule has 7 heteroatoms. The van der Waals surface area contributed by atoms with E-state index in [1.807, 2.05) is 0 Å². The average molecular weight is 274 g/mol. The summed E-state index contributed by atoms with van der Waals surface area (Å²) in [5, 5.41) is 9.07. The molecule has 0 aliphatic rings. The number of aromatic hydroxyl groups is 1. The first-order chi connectivity index (χ1) is 7.89. The number of hydrogen-bond donors (Lipinski definition) is 3. The molecular weight excluding hydrogens is 260 g/mol. The van der Waals surface area contributed by atoms with Crippen LogP contribution in [0.2, 0.25) is 0 Å². The maximum Gasteiger partial charge on any atom is 0.218 e. The van der Waals surface area contributed by atoms with Gasteiger partial charge in [0, 0.05) is 6.54 Å². The van der Waals surface area contributed by atoms with Crippen molar-refractivity contribution in [1.82, 2.24) is 4.72 Å². The summed E-state index contributed by atoms with van der Waals surface area (Å²) in [4.78, 5) is -0.0536. The van der Waals surface area contributed by atoms with Crippen molar-refractivity contribution in [2.45, 2.75) is 6.42 Å². The molecule has 0 spiro atoms. The van der Waals surface area contributed by atoms with Gasteiger partial charge in [0.25, 0.3) is 0 Å². The van der Waals surface area contributed by atoms with Crippen molar-refractivity contribution in [3.63, 3.8) is 0 Å². The molecular formula is C10H14N2O3S2. The van der Waals surface area contributed by atoms with E-state index >= 15 is 0 Å². The summed E-state index contributed by atoms with van der Waals surface area (Å²) < 4.78 is 25.1. The molecule has 1 aromatic carbocycles. The summed E-state index contributed by atoms with van der Waals surface area (Å²) in [5.41, 5.74) is 6.09. The molecule has 0 saturated heterocycles. The van der Waals surface area contributed by atoms with Crippen LogP contribution in [0.1, 0.15) is 5.56 Å². The van der Waals surface area contributed by atoms with Gasteiger partial charge in [-0.3, -0.25) is 0 Å². The lowest BCUT2D eigenvalue weighted by Crippen LogP contribution is -2.33. The van der Waals surface area contributed by atoms with Gasteiger partial charge in [0.2, 0.25) is 10.0 Å². The summed E-state index contributed by atoms with van der Waals surface area (Å²) >= 11 is 4.53. The van der Waals surface area contributed by atoms with E-state index in [2.05, 4.69) is 16.9 Å². The molecule has 1 aromatic rings. The molecule has 0 saturated carbocycles. The van der Waals surface area contributed by atoms with Crippen LogP contribution in [0.5, 0.6) is 5.75 Å². The first-order valence-corrected chi connectivity index (χ1v) is 6.99. The van der Waals surface area contributed by atoms with Crippen LogP contribution in [0.15, 0.2) is 24.3 Å². The number of phenols is 1. The summed E-state index contributed by atoms with van der Waals surface area (Å²) in [6.07, 6.45) is 0.539. The maximum absolute atomic E-state index is 11.4. The van der Waals surface area contributed by atoms with E-state index in [-0.39, 0.29) is 23.0 Å². The average Bonchev–Trinajstić information content (AvgIpc) is 2.18. The molecule has 0 atom stereocenters. The standard InChI is InChI=1S/C10H14N2O3S2/c11-10(16)7-17(14,15)12-6-5-8-1-3-9(13)4-2-8/h1-4,12-13H,5-7H2,(H2,11,16). The molecule has 0 amide bonds. The van der Waals surface area contributed by atoms with Crippen LogP contribution < -0.4 is 10.5 Å². The van der Waals surface area contributed by atoms with Gasteiger partial charge in [0.15, 0.2) is 0 Å². The predicted octanol–water partition coefficient (Wildman–Crippen LogP) is 0.140. The van der Waals surface area contributed by atoms with Gasteiger partial charge in [-0.05, 0) is 24.1 Å². The lowest BCUT2D eigenvalue weighted by atomic mass is 10.1. The van der Waals surface area contributed by atoms with Gasteiger partial charge < -0.3 is 10.8 Å². The monoisotopic (exact) mass is 274 g/mol. The Balaban J connectivity index is 2.42. The van der Waals surface area contributed by atoms with E-state index < -0.39 is 10.0 Å². The Hall–Kier alpha value is -1.18. The number of phenolic OH excluding ortho intramolecular Hbond substituents is 1. The van der Waals surface area contributed by atoms with E-state index in [0.717, 1.165) is 5.56 Å². The molecule has 0 aromatic heterocycles. The molecule has 0 bridgehead atoms. The third-order valence-electron chi connectivity index (χ3n) is 2.00. The third kappa shape index (κ3) is 5.62. The van der Waals surface area contributed by atoms with Crippen LogP contribution in [-0.2, 0) is 16.4 Å². The van der Waals surface area contributed by atoms with Gasteiger partial charge in [-0.1, -0.05) is 24.4 Å². The van der Waals surface area contributed by atoms with Gasteiger partial charge in [0.05, 0.1) is 4.99 Å². The lowest BCUT2D eigenvalue weighted by Gasteiger charge is -2.05. The molecule has 5 nitrogen and oxygen atoms in total. The Bertz CT molecular complexity index is 483. The minimum absolute atomic E-state index is 0.0536. The van der Waals surface area contributed by atoms with Crippen LogP contribution in [-0.4, -0.2) is 30.8 Å². The molecule has 0 unspecified atom stereocenters. The Morgan fingerprint density at radius 1 is 1.35 bits per heavy atom. The highest BCUT2D eigenvalue weighted by Crippen LogP contribution is 2.09. The summed E-state index contributed by atoms with van der Waals surface area (Å²) in [7, 11) is -3.42. The van der Waals surface area contributed by atoms with Crippen LogP contribution in [0.25, 0.3) is 0 Å². The number of hydrogen-bond acceptors (Lipinski definition) is 4. The Kier molecular flexibility index (Phi) is 4.86. The fraction of sp³-hybridized carbons (Fsp3) is 0.300. The van der Waals surface area contributed by atoms with Crippen molar-refractivity contribution in [3.8, 4) is 5.75 Å². The van der Waals surface area contributed by atoms with E-state index in [1.165, 1.54) is 0 Å². The minimum atomic E-state index is -3.42. The number of rotatable bonds is 6.